The lowest BCUT2D eigenvalue weighted by molar-refractivity contribution is 0.441. The second-order valence-corrected chi connectivity index (χ2v) is 4.68. The maximum Gasteiger partial charge on any atom is 0.321 e. The van der Waals surface area contributed by atoms with Crippen molar-refractivity contribution in [2.24, 2.45) is 0 Å². The van der Waals surface area contributed by atoms with Crippen LogP contribution in [0.15, 0.2) is 35.1 Å². The Morgan fingerprint density at radius 2 is 1.56 bits per heavy atom. The zero-order valence-corrected chi connectivity index (χ0v) is 10.9. The normalized spacial score (nSPS) is 10.2. The summed E-state index contributed by atoms with van der Waals surface area (Å²) in [5, 5.41) is 0.999. The van der Waals surface area contributed by atoms with Crippen LogP contribution in [0.3, 0.4) is 0 Å². The molecule has 1 aromatic carbocycles. The SMILES string of the molecule is Clc1cc(Cl)cc(Oc2ncc(Br)cn2)c1. The molecule has 1 aromatic heterocycles. The first-order valence-corrected chi connectivity index (χ1v) is 5.80. The molecule has 6 heteroatoms. The molecule has 2 aromatic rings. The van der Waals surface area contributed by atoms with E-state index in [-0.39, 0.29) is 6.01 Å². The largest absolute Gasteiger partial charge is 0.424 e. The van der Waals surface area contributed by atoms with Crippen LogP contribution < -0.4 is 4.74 Å². The average molecular weight is 320 g/mol. The van der Waals surface area contributed by atoms with Crippen molar-refractivity contribution in [1.29, 1.82) is 0 Å². The number of benzene rings is 1. The second-order valence-electron chi connectivity index (χ2n) is 2.89. The first-order chi connectivity index (χ1) is 7.63. The van der Waals surface area contributed by atoms with E-state index in [9.17, 15) is 0 Å². The number of halogens is 3. The fourth-order valence-electron chi connectivity index (χ4n) is 1.05. The first-order valence-electron chi connectivity index (χ1n) is 4.25. The molecule has 82 valence electrons. The van der Waals surface area contributed by atoms with Crippen molar-refractivity contribution in [1.82, 2.24) is 9.97 Å². The van der Waals surface area contributed by atoms with Gasteiger partial charge in [0.15, 0.2) is 0 Å². The van der Waals surface area contributed by atoms with Crippen molar-refractivity contribution in [3.8, 4) is 11.8 Å². The maximum absolute atomic E-state index is 5.83. The summed E-state index contributed by atoms with van der Waals surface area (Å²) < 4.78 is 6.16. The summed E-state index contributed by atoms with van der Waals surface area (Å²) in [6.45, 7) is 0. The molecule has 0 bridgehead atoms. The van der Waals surface area contributed by atoms with E-state index in [4.69, 9.17) is 27.9 Å². The molecular weight excluding hydrogens is 315 g/mol. The Morgan fingerprint density at radius 1 is 1.00 bits per heavy atom. The first kappa shape index (κ1) is 11.6. The van der Waals surface area contributed by atoms with E-state index in [0.717, 1.165) is 4.47 Å². The van der Waals surface area contributed by atoms with Crippen molar-refractivity contribution in [3.05, 3.63) is 45.1 Å². The van der Waals surface area contributed by atoms with Crippen molar-refractivity contribution in [2.45, 2.75) is 0 Å². The molecule has 0 aliphatic rings. The summed E-state index contributed by atoms with van der Waals surface area (Å²) in [5.41, 5.74) is 0. The van der Waals surface area contributed by atoms with Gasteiger partial charge in [-0.05, 0) is 34.1 Å². The van der Waals surface area contributed by atoms with Gasteiger partial charge in [0.1, 0.15) is 5.75 Å². The highest BCUT2D eigenvalue weighted by Crippen LogP contribution is 2.26. The quantitative estimate of drug-likeness (QED) is 0.826. The minimum Gasteiger partial charge on any atom is -0.424 e. The van der Waals surface area contributed by atoms with Gasteiger partial charge < -0.3 is 4.74 Å². The lowest BCUT2D eigenvalue weighted by atomic mass is 10.3. The Hall–Kier alpha value is -0.840. The third-order valence-electron chi connectivity index (χ3n) is 1.64. The predicted molar refractivity (Wildman–Crippen MR) is 66.3 cm³/mol. The molecule has 3 nitrogen and oxygen atoms in total. The van der Waals surface area contributed by atoms with Crippen LogP contribution in [0.5, 0.6) is 11.8 Å². The van der Waals surface area contributed by atoms with Crippen molar-refractivity contribution < 1.29 is 4.74 Å². The predicted octanol–water partition coefficient (Wildman–Crippen LogP) is 4.34. The minimum absolute atomic E-state index is 0.238. The Morgan fingerprint density at radius 3 is 2.12 bits per heavy atom. The second kappa shape index (κ2) is 4.99. The maximum atomic E-state index is 5.83. The van der Waals surface area contributed by atoms with Gasteiger partial charge in [0.05, 0.1) is 4.47 Å². The Labute approximate surface area is 111 Å². The van der Waals surface area contributed by atoms with Gasteiger partial charge in [-0.15, -0.1) is 0 Å². The fourth-order valence-corrected chi connectivity index (χ4v) is 1.76. The van der Waals surface area contributed by atoms with E-state index in [1.165, 1.54) is 0 Å². The van der Waals surface area contributed by atoms with Crippen molar-refractivity contribution in [3.63, 3.8) is 0 Å². The van der Waals surface area contributed by atoms with Crippen LogP contribution >= 0.6 is 39.1 Å². The monoisotopic (exact) mass is 318 g/mol. The smallest absolute Gasteiger partial charge is 0.321 e. The Balaban J connectivity index is 2.23. The zero-order valence-electron chi connectivity index (χ0n) is 7.82. The van der Waals surface area contributed by atoms with Crippen molar-refractivity contribution in [2.75, 3.05) is 0 Å². The van der Waals surface area contributed by atoms with E-state index in [2.05, 4.69) is 25.9 Å². The Bertz CT molecular complexity index is 484. The van der Waals surface area contributed by atoms with Gasteiger partial charge in [-0.2, -0.15) is 0 Å². The molecule has 0 saturated carbocycles. The molecule has 0 amide bonds. The summed E-state index contributed by atoms with van der Waals surface area (Å²) in [7, 11) is 0. The van der Waals surface area contributed by atoms with Crippen LogP contribution in [-0.2, 0) is 0 Å². The summed E-state index contributed by atoms with van der Waals surface area (Å²) in [6, 6.07) is 5.14. The third kappa shape index (κ3) is 3.07. The van der Waals surface area contributed by atoms with Gasteiger partial charge in [-0.1, -0.05) is 23.2 Å². The molecule has 0 aliphatic carbocycles. The molecule has 0 N–H and O–H groups in total. The van der Waals surface area contributed by atoms with Crippen LogP contribution in [0, 0.1) is 0 Å². The van der Waals surface area contributed by atoms with E-state index in [1.807, 2.05) is 0 Å². The van der Waals surface area contributed by atoms with E-state index in [1.54, 1.807) is 30.6 Å². The number of hydrogen-bond acceptors (Lipinski definition) is 3. The molecule has 0 atom stereocenters. The van der Waals surface area contributed by atoms with Gasteiger partial charge in [0.25, 0.3) is 0 Å². The third-order valence-corrected chi connectivity index (χ3v) is 2.49. The summed E-state index contributed by atoms with van der Waals surface area (Å²) >= 11 is 14.9. The van der Waals surface area contributed by atoms with Gasteiger partial charge >= 0.3 is 6.01 Å². The molecule has 0 saturated heterocycles. The topological polar surface area (TPSA) is 35.0 Å². The van der Waals surface area contributed by atoms with Crippen LogP contribution in [0.4, 0.5) is 0 Å². The fraction of sp³-hybridized carbons (Fsp3) is 0. The number of aromatic nitrogens is 2. The lowest BCUT2D eigenvalue weighted by Crippen LogP contribution is -1.90. The molecule has 0 spiro atoms. The molecule has 0 unspecified atom stereocenters. The van der Waals surface area contributed by atoms with E-state index in [0.29, 0.717) is 15.8 Å². The van der Waals surface area contributed by atoms with E-state index < -0.39 is 0 Å². The molecule has 0 fully saturated rings. The van der Waals surface area contributed by atoms with Crippen LogP contribution in [0.25, 0.3) is 0 Å². The molecule has 0 aliphatic heterocycles. The summed E-state index contributed by atoms with van der Waals surface area (Å²) in [5.74, 6) is 0.500. The van der Waals surface area contributed by atoms with Gasteiger partial charge in [0, 0.05) is 22.4 Å². The standard InChI is InChI=1S/C10H5BrCl2N2O/c11-6-4-14-10(15-5-6)16-9-2-7(12)1-8(13)3-9/h1-5H. The highest BCUT2D eigenvalue weighted by atomic mass is 79.9. The van der Waals surface area contributed by atoms with Gasteiger partial charge in [0.2, 0.25) is 0 Å². The number of rotatable bonds is 2. The van der Waals surface area contributed by atoms with Gasteiger partial charge in [-0.25, -0.2) is 9.97 Å². The highest BCUT2D eigenvalue weighted by molar-refractivity contribution is 9.10. The number of nitrogens with zero attached hydrogens (tertiary/aromatic N) is 2. The van der Waals surface area contributed by atoms with E-state index >= 15 is 0 Å². The van der Waals surface area contributed by atoms with Crippen LogP contribution in [0.1, 0.15) is 0 Å². The molecule has 16 heavy (non-hydrogen) atoms. The lowest BCUT2D eigenvalue weighted by Gasteiger charge is -2.04. The zero-order chi connectivity index (χ0) is 11.5. The molecule has 2 rings (SSSR count). The molecule has 1 heterocycles. The number of ether oxygens (including phenoxy) is 1. The van der Waals surface area contributed by atoms with Gasteiger partial charge in [-0.3, -0.25) is 0 Å². The van der Waals surface area contributed by atoms with Crippen LogP contribution in [0.2, 0.25) is 10.0 Å². The highest BCUT2D eigenvalue weighted by Gasteiger charge is 2.03. The minimum atomic E-state index is 0.238. The Kier molecular flexibility index (Phi) is 3.63. The summed E-state index contributed by atoms with van der Waals surface area (Å²) in [6.07, 6.45) is 3.18. The van der Waals surface area contributed by atoms with Crippen LogP contribution in [-0.4, -0.2) is 9.97 Å². The van der Waals surface area contributed by atoms with Crippen molar-refractivity contribution >= 4 is 39.1 Å². The molecular formula is C10H5BrCl2N2O. The number of hydrogen-bond donors (Lipinski definition) is 0. The molecule has 0 radical (unpaired) electrons. The summed E-state index contributed by atoms with van der Waals surface area (Å²) in [4.78, 5) is 7.93. The average Bonchev–Trinajstić information content (AvgIpc) is 2.20.